The van der Waals surface area contributed by atoms with Crippen LogP contribution in [-0.2, 0) is 20.9 Å². The molecule has 2 unspecified atom stereocenters. The fourth-order valence-corrected chi connectivity index (χ4v) is 5.01. The third-order valence-corrected chi connectivity index (χ3v) is 6.89. The lowest BCUT2D eigenvalue weighted by atomic mass is 10.0. The van der Waals surface area contributed by atoms with Crippen LogP contribution in [0.4, 0.5) is 0 Å². The second-order valence-corrected chi connectivity index (χ2v) is 9.23. The minimum absolute atomic E-state index is 0. The predicted molar refractivity (Wildman–Crippen MR) is 182 cm³/mol. The maximum atomic E-state index is 12.2. The van der Waals surface area contributed by atoms with Crippen molar-refractivity contribution in [3.05, 3.63) is 83.1 Å². The molecule has 4 aliphatic rings. The number of fused-ring (bicyclic) bond motifs is 2. The summed E-state index contributed by atoms with van der Waals surface area (Å²) in [6, 6.07) is 12.7. The highest BCUT2D eigenvalue weighted by Gasteiger charge is 2.44. The molecule has 46 heavy (non-hydrogen) atoms. The van der Waals surface area contributed by atoms with E-state index in [2.05, 4.69) is 17.2 Å². The smallest absolute Gasteiger partial charge is 0.262 e. The Kier molecular flexibility index (Phi) is 18.4. The fraction of sp³-hybridized carbons (Fsp3) is 0.444. The second kappa shape index (κ2) is 20.4. The zero-order chi connectivity index (χ0) is 34.3. The van der Waals surface area contributed by atoms with Crippen LogP contribution in [0.15, 0.2) is 60.8 Å². The lowest BCUT2D eigenvalue weighted by Gasteiger charge is -2.30. The number of piperidine rings is 2. The first kappa shape index (κ1) is 41.4. The molecular formula is C36H52N4O6. The van der Waals surface area contributed by atoms with Crippen LogP contribution >= 0.6 is 0 Å². The van der Waals surface area contributed by atoms with Crippen molar-refractivity contribution in [2.45, 2.75) is 107 Å². The first-order valence-electron chi connectivity index (χ1n) is 15.9. The maximum Gasteiger partial charge on any atom is 0.262 e. The SMILES string of the molecule is C.C=C1CCC(N2Cc3ccccc3C2=O)C(=O)N1.CC.CC.CC.CC.O=C1CCC(N2C(=O)c3ccccc3C2=O)C(=O)N1. The number of carbonyl (C=O) groups is 6. The van der Waals surface area contributed by atoms with Crippen LogP contribution in [0, 0.1) is 0 Å². The molecule has 0 radical (unpaired) electrons. The molecule has 4 heterocycles. The fourth-order valence-electron chi connectivity index (χ4n) is 5.01. The quantitative estimate of drug-likeness (QED) is 0.374. The van der Waals surface area contributed by atoms with Gasteiger partial charge in [0.2, 0.25) is 17.7 Å². The summed E-state index contributed by atoms with van der Waals surface area (Å²) in [4.78, 5) is 74.0. The number of imide groups is 2. The largest absolute Gasteiger partial charge is 0.329 e. The molecule has 2 saturated heterocycles. The molecule has 0 spiro atoms. The van der Waals surface area contributed by atoms with E-state index in [0.29, 0.717) is 24.1 Å². The monoisotopic (exact) mass is 636 g/mol. The van der Waals surface area contributed by atoms with E-state index in [0.717, 1.165) is 28.1 Å². The number of nitrogens with zero attached hydrogens (tertiary/aromatic N) is 2. The standard InChI is InChI=1S/C14H14N2O2.C13H10N2O4.4C2H6.CH4/c1-9-6-7-12(13(17)15-9)16-8-10-4-2-3-5-11(10)14(16)18;16-10-6-5-9(11(17)14-10)15-12(18)7-3-1-2-4-8(7)13(15)19;4*1-2;/h2-5,12H,1,6-8H2,(H,15,17);1-4,9H,5-6H2,(H,14,16,17);4*1-2H3;1H4. The molecule has 0 aliphatic carbocycles. The molecule has 2 fully saturated rings. The molecule has 252 valence electrons. The Morgan fingerprint density at radius 1 is 0.609 bits per heavy atom. The summed E-state index contributed by atoms with van der Waals surface area (Å²) in [5, 5.41) is 4.88. The zero-order valence-corrected chi connectivity index (χ0v) is 27.9. The van der Waals surface area contributed by atoms with E-state index in [1.54, 1.807) is 29.2 Å². The van der Waals surface area contributed by atoms with Crippen LogP contribution in [0.25, 0.3) is 0 Å². The number of benzene rings is 2. The zero-order valence-electron chi connectivity index (χ0n) is 27.9. The van der Waals surface area contributed by atoms with E-state index in [-0.39, 0.29) is 44.0 Å². The Bertz CT molecular complexity index is 1350. The number of amides is 6. The minimum Gasteiger partial charge on any atom is -0.329 e. The van der Waals surface area contributed by atoms with Crippen molar-refractivity contribution in [1.29, 1.82) is 0 Å². The Morgan fingerprint density at radius 2 is 1.07 bits per heavy atom. The van der Waals surface area contributed by atoms with Gasteiger partial charge in [-0.3, -0.25) is 39.0 Å². The first-order valence-corrected chi connectivity index (χ1v) is 15.9. The first-order chi connectivity index (χ1) is 21.8. The second-order valence-electron chi connectivity index (χ2n) is 9.23. The molecule has 0 aromatic heterocycles. The molecule has 6 rings (SSSR count). The Labute approximate surface area is 274 Å². The van der Waals surface area contributed by atoms with Crippen molar-refractivity contribution in [3.8, 4) is 0 Å². The molecule has 2 N–H and O–H groups in total. The van der Waals surface area contributed by atoms with Gasteiger partial charge in [-0.05, 0) is 43.0 Å². The number of nitrogens with one attached hydrogen (secondary N) is 2. The van der Waals surface area contributed by atoms with Crippen LogP contribution < -0.4 is 10.6 Å². The molecule has 2 atom stereocenters. The number of carbonyl (C=O) groups excluding carboxylic acids is 6. The Hall–Kier alpha value is -4.60. The van der Waals surface area contributed by atoms with E-state index in [1.165, 1.54) is 0 Å². The highest BCUT2D eigenvalue weighted by Crippen LogP contribution is 2.28. The van der Waals surface area contributed by atoms with Gasteiger partial charge in [0.15, 0.2) is 0 Å². The Balaban J connectivity index is 0.000000712. The van der Waals surface area contributed by atoms with Gasteiger partial charge in [0, 0.05) is 24.2 Å². The summed E-state index contributed by atoms with van der Waals surface area (Å²) in [5.74, 6) is -2.08. The van der Waals surface area contributed by atoms with E-state index >= 15 is 0 Å². The van der Waals surface area contributed by atoms with Gasteiger partial charge < -0.3 is 10.2 Å². The topological polar surface area (TPSA) is 133 Å². The molecule has 0 saturated carbocycles. The Morgan fingerprint density at radius 3 is 1.54 bits per heavy atom. The van der Waals surface area contributed by atoms with Crippen molar-refractivity contribution < 1.29 is 28.8 Å². The van der Waals surface area contributed by atoms with Crippen LogP contribution in [-0.4, -0.2) is 57.3 Å². The summed E-state index contributed by atoms with van der Waals surface area (Å²) in [7, 11) is 0. The molecule has 6 amide bonds. The van der Waals surface area contributed by atoms with Gasteiger partial charge in [0.25, 0.3) is 17.7 Å². The summed E-state index contributed by atoms with van der Waals surface area (Å²) in [5.41, 5.74) is 3.06. The van der Waals surface area contributed by atoms with Gasteiger partial charge in [-0.1, -0.05) is 99.7 Å². The van der Waals surface area contributed by atoms with E-state index in [4.69, 9.17) is 0 Å². The molecular weight excluding hydrogens is 584 g/mol. The summed E-state index contributed by atoms with van der Waals surface area (Å²) >= 11 is 0. The molecule has 10 nitrogen and oxygen atoms in total. The van der Waals surface area contributed by atoms with Crippen molar-refractivity contribution in [2.24, 2.45) is 0 Å². The number of hydrogen-bond donors (Lipinski definition) is 2. The molecule has 0 bridgehead atoms. The number of rotatable bonds is 2. The predicted octanol–water partition coefficient (Wildman–Crippen LogP) is 6.26. The van der Waals surface area contributed by atoms with Crippen LogP contribution in [0.1, 0.15) is 125 Å². The normalized spacial score (nSPS) is 18.8. The van der Waals surface area contributed by atoms with Gasteiger partial charge in [0.05, 0.1) is 11.1 Å². The van der Waals surface area contributed by atoms with Crippen molar-refractivity contribution >= 4 is 35.4 Å². The number of hydrogen-bond acceptors (Lipinski definition) is 6. The van der Waals surface area contributed by atoms with E-state index < -0.39 is 23.8 Å². The minimum atomic E-state index is -0.898. The van der Waals surface area contributed by atoms with Crippen molar-refractivity contribution in [3.63, 3.8) is 0 Å². The average molecular weight is 637 g/mol. The van der Waals surface area contributed by atoms with Crippen molar-refractivity contribution in [2.75, 3.05) is 0 Å². The average Bonchev–Trinajstić information content (AvgIpc) is 3.54. The van der Waals surface area contributed by atoms with Crippen molar-refractivity contribution in [1.82, 2.24) is 20.4 Å². The van der Waals surface area contributed by atoms with Gasteiger partial charge in [-0.15, -0.1) is 0 Å². The lowest BCUT2D eigenvalue weighted by Crippen LogP contribution is -2.54. The summed E-state index contributed by atoms with van der Waals surface area (Å²) in [6.07, 6.45) is 1.70. The third kappa shape index (κ3) is 9.22. The molecule has 2 aromatic carbocycles. The molecule has 4 aliphatic heterocycles. The number of allylic oxidation sites excluding steroid dienone is 1. The lowest BCUT2D eigenvalue weighted by molar-refractivity contribution is -0.136. The molecule has 2 aromatic rings. The van der Waals surface area contributed by atoms with Gasteiger partial charge in [-0.2, -0.15) is 0 Å². The summed E-state index contributed by atoms with van der Waals surface area (Å²) in [6.45, 7) is 20.3. The van der Waals surface area contributed by atoms with Crippen LogP contribution in [0.2, 0.25) is 0 Å². The highest BCUT2D eigenvalue weighted by atomic mass is 16.2. The maximum absolute atomic E-state index is 12.2. The van der Waals surface area contributed by atoms with Crippen LogP contribution in [0.3, 0.4) is 0 Å². The van der Waals surface area contributed by atoms with Gasteiger partial charge >= 0.3 is 0 Å². The van der Waals surface area contributed by atoms with Crippen LogP contribution in [0.5, 0.6) is 0 Å². The van der Waals surface area contributed by atoms with E-state index in [9.17, 15) is 28.8 Å². The van der Waals surface area contributed by atoms with Gasteiger partial charge in [0.1, 0.15) is 12.1 Å². The van der Waals surface area contributed by atoms with Gasteiger partial charge in [-0.25, -0.2) is 0 Å². The highest BCUT2D eigenvalue weighted by molar-refractivity contribution is 6.23. The summed E-state index contributed by atoms with van der Waals surface area (Å²) < 4.78 is 0. The molecule has 10 heteroatoms. The van der Waals surface area contributed by atoms with E-state index in [1.807, 2.05) is 79.7 Å². The third-order valence-electron chi connectivity index (χ3n) is 6.89.